The Morgan fingerprint density at radius 1 is 1.69 bits per heavy atom. The summed E-state index contributed by atoms with van der Waals surface area (Å²) in [6, 6.07) is 1.27. The molecular weight excluding hydrogens is 166 g/mol. The highest BCUT2D eigenvalue weighted by atomic mass is 16.4. The minimum Gasteiger partial charge on any atom is -0.481 e. The molecule has 0 aromatic rings. The van der Waals surface area contributed by atoms with Gasteiger partial charge in [-0.3, -0.25) is 9.69 Å². The van der Waals surface area contributed by atoms with E-state index in [0.29, 0.717) is 18.5 Å². The summed E-state index contributed by atoms with van der Waals surface area (Å²) >= 11 is 0. The second kappa shape index (κ2) is 4.61. The summed E-state index contributed by atoms with van der Waals surface area (Å²) in [5.41, 5.74) is 0. The van der Waals surface area contributed by atoms with Crippen molar-refractivity contribution >= 4 is 5.97 Å². The number of nitrogens with zero attached hydrogens (tertiary/aromatic N) is 1. The van der Waals surface area contributed by atoms with Gasteiger partial charge < -0.3 is 5.11 Å². The molecule has 0 radical (unpaired) electrons. The topological polar surface area (TPSA) is 40.5 Å². The van der Waals surface area contributed by atoms with Crippen LogP contribution >= 0.6 is 0 Å². The van der Waals surface area contributed by atoms with Crippen molar-refractivity contribution in [2.75, 3.05) is 6.54 Å². The maximum Gasteiger partial charge on any atom is 0.303 e. The van der Waals surface area contributed by atoms with Gasteiger partial charge in [-0.25, -0.2) is 0 Å². The standard InChI is InChI=1S/C10H19NO2/c1-8(4-3-5-10(12)13)11-7-6-9(11)2/h8-9H,3-7H2,1-2H3,(H,12,13). The Balaban J connectivity index is 2.10. The van der Waals surface area contributed by atoms with E-state index in [2.05, 4.69) is 18.7 Å². The minimum atomic E-state index is -0.677. The quantitative estimate of drug-likeness (QED) is 0.709. The van der Waals surface area contributed by atoms with E-state index in [1.54, 1.807) is 0 Å². The predicted octanol–water partition coefficient (Wildman–Crippen LogP) is 1.72. The Kier molecular flexibility index (Phi) is 3.72. The van der Waals surface area contributed by atoms with Gasteiger partial charge in [-0.1, -0.05) is 0 Å². The number of carbonyl (C=O) groups is 1. The molecule has 2 unspecified atom stereocenters. The van der Waals surface area contributed by atoms with Gasteiger partial charge in [0.1, 0.15) is 0 Å². The van der Waals surface area contributed by atoms with Crippen LogP contribution in [0.15, 0.2) is 0 Å². The molecule has 1 N–H and O–H groups in total. The monoisotopic (exact) mass is 185 g/mol. The first kappa shape index (κ1) is 10.5. The van der Waals surface area contributed by atoms with Gasteiger partial charge in [0.2, 0.25) is 0 Å². The lowest BCUT2D eigenvalue weighted by Gasteiger charge is -2.43. The molecule has 1 heterocycles. The SMILES string of the molecule is CC(CCCC(=O)O)N1CCC1C. The summed E-state index contributed by atoms with van der Waals surface area (Å²) in [6.45, 7) is 5.62. The zero-order valence-corrected chi connectivity index (χ0v) is 8.49. The second-order valence-corrected chi connectivity index (χ2v) is 4.01. The molecule has 1 aliphatic rings. The van der Waals surface area contributed by atoms with Crippen LogP contribution in [0.25, 0.3) is 0 Å². The van der Waals surface area contributed by atoms with Crippen molar-refractivity contribution in [2.24, 2.45) is 0 Å². The number of rotatable bonds is 5. The molecule has 76 valence electrons. The third-order valence-electron chi connectivity index (χ3n) is 2.95. The fraction of sp³-hybridized carbons (Fsp3) is 0.900. The molecule has 1 saturated heterocycles. The van der Waals surface area contributed by atoms with Gasteiger partial charge in [0, 0.05) is 25.0 Å². The van der Waals surface area contributed by atoms with Gasteiger partial charge in [-0.2, -0.15) is 0 Å². The number of hydrogen-bond donors (Lipinski definition) is 1. The second-order valence-electron chi connectivity index (χ2n) is 4.01. The fourth-order valence-corrected chi connectivity index (χ4v) is 1.91. The molecule has 0 amide bonds. The van der Waals surface area contributed by atoms with E-state index in [0.717, 1.165) is 12.8 Å². The average molecular weight is 185 g/mol. The van der Waals surface area contributed by atoms with E-state index >= 15 is 0 Å². The van der Waals surface area contributed by atoms with Crippen LogP contribution in [-0.4, -0.2) is 34.6 Å². The van der Waals surface area contributed by atoms with Gasteiger partial charge in [0.15, 0.2) is 0 Å². The smallest absolute Gasteiger partial charge is 0.303 e. The average Bonchev–Trinajstić information content (AvgIpc) is 2.01. The van der Waals surface area contributed by atoms with Gasteiger partial charge in [-0.05, 0) is 33.1 Å². The first-order valence-corrected chi connectivity index (χ1v) is 5.09. The third kappa shape index (κ3) is 2.99. The van der Waals surface area contributed by atoms with Crippen LogP contribution in [0.2, 0.25) is 0 Å². The normalized spacial score (nSPS) is 25.2. The van der Waals surface area contributed by atoms with E-state index in [1.165, 1.54) is 13.0 Å². The molecule has 0 bridgehead atoms. The van der Waals surface area contributed by atoms with Crippen molar-refractivity contribution in [1.29, 1.82) is 0 Å². The molecular formula is C10H19NO2. The number of hydrogen-bond acceptors (Lipinski definition) is 2. The lowest BCUT2D eigenvalue weighted by atomic mass is 9.99. The maximum atomic E-state index is 10.3. The van der Waals surface area contributed by atoms with Crippen LogP contribution in [0.4, 0.5) is 0 Å². The van der Waals surface area contributed by atoms with Crippen molar-refractivity contribution in [3.8, 4) is 0 Å². The van der Waals surface area contributed by atoms with Crippen molar-refractivity contribution in [3.05, 3.63) is 0 Å². The zero-order chi connectivity index (χ0) is 9.84. The van der Waals surface area contributed by atoms with Crippen molar-refractivity contribution in [1.82, 2.24) is 4.90 Å². The lowest BCUT2D eigenvalue weighted by molar-refractivity contribution is -0.137. The summed E-state index contributed by atoms with van der Waals surface area (Å²) in [6.07, 6.45) is 3.42. The summed E-state index contributed by atoms with van der Waals surface area (Å²) in [5, 5.41) is 8.47. The molecule has 3 nitrogen and oxygen atoms in total. The molecule has 2 atom stereocenters. The first-order chi connectivity index (χ1) is 6.11. The van der Waals surface area contributed by atoms with E-state index in [1.807, 2.05) is 0 Å². The number of carboxylic acid groups (broad SMARTS) is 1. The molecule has 13 heavy (non-hydrogen) atoms. The fourth-order valence-electron chi connectivity index (χ4n) is 1.91. The van der Waals surface area contributed by atoms with Crippen LogP contribution in [0.1, 0.15) is 39.5 Å². The first-order valence-electron chi connectivity index (χ1n) is 5.09. The highest BCUT2D eigenvalue weighted by Crippen LogP contribution is 2.22. The van der Waals surface area contributed by atoms with Crippen LogP contribution < -0.4 is 0 Å². The number of aliphatic carboxylic acids is 1. The molecule has 3 heteroatoms. The molecule has 0 aromatic heterocycles. The van der Waals surface area contributed by atoms with E-state index in [9.17, 15) is 4.79 Å². The third-order valence-corrected chi connectivity index (χ3v) is 2.95. The van der Waals surface area contributed by atoms with Crippen LogP contribution in [-0.2, 0) is 4.79 Å². The highest BCUT2D eigenvalue weighted by molar-refractivity contribution is 5.66. The molecule has 1 rings (SSSR count). The largest absolute Gasteiger partial charge is 0.481 e. The molecule has 0 saturated carbocycles. The predicted molar refractivity (Wildman–Crippen MR) is 51.7 cm³/mol. The Bertz CT molecular complexity index is 182. The Morgan fingerprint density at radius 3 is 2.77 bits per heavy atom. The van der Waals surface area contributed by atoms with Crippen LogP contribution in [0, 0.1) is 0 Å². The van der Waals surface area contributed by atoms with Gasteiger partial charge in [0.05, 0.1) is 0 Å². The van der Waals surface area contributed by atoms with E-state index in [-0.39, 0.29) is 0 Å². The molecule has 1 fully saturated rings. The van der Waals surface area contributed by atoms with Crippen molar-refractivity contribution in [3.63, 3.8) is 0 Å². The Hall–Kier alpha value is -0.570. The maximum absolute atomic E-state index is 10.3. The van der Waals surface area contributed by atoms with Gasteiger partial charge in [-0.15, -0.1) is 0 Å². The van der Waals surface area contributed by atoms with Gasteiger partial charge in [0.25, 0.3) is 0 Å². The molecule has 0 spiro atoms. The summed E-state index contributed by atoms with van der Waals surface area (Å²) in [7, 11) is 0. The van der Waals surface area contributed by atoms with E-state index < -0.39 is 5.97 Å². The Morgan fingerprint density at radius 2 is 2.38 bits per heavy atom. The summed E-state index contributed by atoms with van der Waals surface area (Å²) in [4.78, 5) is 12.7. The Labute approximate surface area is 79.7 Å². The molecule has 0 aromatic carbocycles. The molecule has 1 aliphatic heterocycles. The summed E-state index contributed by atoms with van der Waals surface area (Å²) < 4.78 is 0. The summed E-state index contributed by atoms with van der Waals surface area (Å²) in [5.74, 6) is -0.677. The van der Waals surface area contributed by atoms with Crippen molar-refractivity contribution < 1.29 is 9.90 Å². The van der Waals surface area contributed by atoms with Gasteiger partial charge >= 0.3 is 5.97 Å². The highest BCUT2D eigenvalue weighted by Gasteiger charge is 2.27. The number of likely N-dealkylation sites (tertiary alicyclic amines) is 1. The van der Waals surface area contributed by atoms with Crippen LogP contribution in [0.3, 0.4) is 0 Å². The lowest BCUT2D eigenvalue weighted by Crippen LogP contribution is -2.50. The molecule has 0 aliphatic carbocycles. The van der Waals surface area contributed by atoms with E-state index in [4.69, 9.17) is 5.11 Å². The van der Waals surface area contributed by atoms with Crippen LogP contribution in [0.5, 0.6) is 0 Å². The minimum absolute atomic E-state index is 0.312. The number of carboxylic acids is 1. The van der Waals surface area contributed by atoms with Crippen molar-refractivity contribution in [2.45, 2.75) is 51.6 Å². The zero-order valence-electron chi connectivity index (χ0n) is 8.49.